The van der Waals surface area contributed by atoms with Crippen LogP contribution in [0.4, 0.5) is 0 Å². The molecule has 37 heteroatoms. The first-order chi connectivity index (χ1) is 48.0. The molecule has 0 saturated carbocycles. The molecule has 8 aromatic rings. The number of nitrogens with one attached hydrogen (secondary N) is 5. The number of hydrogen-bond donors (Lipinski definition) is 9. The van der Waals surface area contributed by atoms with Gasteiger partial charge in [-0.3, -0.25) is 28.9 Å². The van der Waals surface area contributed by atoms with Crippen LogP contribution in [-0.2, 0) is 56.0 Å². The van der Waals surface area contributed by atoms with Crippen LogP contribution in [0.15, 0.2) is 56.9 Å². The highest BCUT2D eigenvalue weighted by molar-refractivity contribution is 7.14. The van der Waals surface area contributed by atoms with E-state index in [9.17, 15) is 34.9 Å². The number of allylic oxidation sites excluding steroid dienone is 1. The van der Waals surface area contributed by atoms with E-state index in [4.69, 9.17) is 48.1 Å². The molecule has 2 fully saturated rings. The topological polar surface area (TPSA) is 414 Å². The van der Waals surface area contributed by atoms with Crippen LogP contribution in [0.1, 0.15) is 125 Å². The van der Waals surface area contributed by atoms with Gasteiger partial charge in [0.1, 0.15) is 120 Å². The minimum absolute atomic E-state index is 0.00945. The lowest BCUT2D eigenvalue weighted by Crippen LogP contribution is -2.58. The van der Waals surface area contributed by atoms with E-state index in [1.165, 1.54) is 54.6 Å². The summed E-state index contributed by atoms with van der Waals surface area (Å²) in [6.07, 6.45) is -6.71. The largest absolute Gasteiger partial charge is 0.506 e. The lowest BCUT2D eigenvalue weighted by atomic mass is 9.86. The summed E-state index contributed by atoms with van der Waals surface area (Å²) in [5.41, 5.74) is -1.43. The van der Waals surface area contributed by atoms with Crippen LogP contribution < -0.4 is 26.6 Å². The van der Waals surface area contributed by atoms with E-state index < -0.39 is 127 Å². The zero-order valence-corrected chi connectivity index (χ0v) is 58.4. The van der Waals surface area contributed by atoms with Crippen LogP contribution in [0.25, 0.3) is 49.3 Å². The van der Waals surface area contributed by atoms with Gasteiger partial charge in [0.15, 0.2) is 18.1 Å². The molecule has 10 unspecified atom stereocenters. The number of carbonyl (C=O) groups is 7. The van der Waals surface area contributed by atoms with E-state index >= 15 is 19.2 Å². The first kappa shape index (κ1) is 69.6. The fourth-order valence-electron chi connectivity index (χ4n) is 12.5. The summed E-state index contributed by atoms with van der Waals surface area (Å²) >= 11 is 4.74. The SMILES string of the molecule is CO/C(C)=C1/NC(=O)C(C(C)O)NC(=O)c2csc(n2)-c2cc(O)c(-c3nc(C(=O)NCCN(C)CCO)cs3)nc2-c2csc(n2)C2COC(=O)c3c4c5c(cccc5n3O)COC(=O)C(OC3CC5(C)OCN(C)C5C(C)O3)C(OC4)C(NC(=O)c3csc1n3)c1nc(cs1)C(=O)N2. The molecule has 0 spiro atoms. The maximum absolute atomic E-state index is 15.2. The Labute approximate surface area is 588 Å². The zero-order valence-electron chi connectivity index (χ0n) is 54.3. The number of aromatic hydroxyl groups is 1. The Hall–Kier alpha value is -8.83. The molecule has 2 saturated heterocycles. The summed E-state index contributed by atoms with van der Waals surface area (Å²) in [7, 11) is 5.01. The molecule has 10 atom stereocenters. The Morgan fingerprint density at radius 2 is 1.56 bits per heavy atom. The number of fused-ring (bicyclic) bond motifs is 16. The van der Waals surface area contributed by atoms with E-state index in [1.54, 1.807) is 24.6 Å². The van der Waals surface area contributed by atoms with E-state index in [-0.39, 0.29) is 131 Å². The number of aliphatic hydroxyl groups excluding tert-OH is 2. The Morgan fingerprint density at radius 3 is 2.33 bits per heavy atom. The molecule has 0 radical (unpaired) electrons. The van der Waals surface area contributed by atoms with Crippen molar-refractivity contribution >= 4 is 115 Å². The number of thiazole rings is 5. The van der Waals surface area contributed by atoms with Gasteiger partial charge in [0, 0.05) is 69.5 Å². The molecule has 100 heavy (non-hydrogen) atoms. The predicted molar refractivity (Wildman–Crippen MR) is 359 cm³/mol. The van der Waals surface area contributed by atoms with Gasteiger partial charge in [-0.05, 0) is 59.5 Å². The van der Waals surface area contributed by atoms with Gasteiger partial charge >= 0.3 is 11.9 Å². The molecule has 1 aromatic carbocycles. The van der Waals surface area contributed by atoms with Gasteiger partial charge in [0.05, 0.1) is 56.4 Å². The Morgan fingerprint density at radius 1 is 0.860 bits per heavy atom. The molecule has 12 heterocycles. The van der Waals surface area contributed by atoms with Crippen LogP contribution in [-0.4, -0.2) is 216 Å². The summed E-state index contributed by atoms with van der Waals surface area (Å²) in [4.78, 5) is 135. The van der Waals surface area contributed by atoms with Crippen molar-refractivity contribution in [2.45, 2.75) is 108 Å². The second kappa shape index (κ2) is 28.7. The first-order valence-electron chi connectivity index (χ1n) is 31.2. The van der Waals surface area contributed by atoms with Crippen LogP contribution in [0.2, 0.25) is 0 Å². The number of likely N-dealkylation sites (N-methyl/N-ethyl adjacent to an activating group) is 2. The van der Waals surface area contributed by atoms with Gasteiger partial charge in [-0.2, -0.15) is 4.73 Å². The number of hydrogen-bond acceptors (Lipinski definition) is 31. The Bertz CT molecular complexity index is 4560. The number of carbonyl (C=O) groups excluding carboxylic acids is 7. The van der Waals surface area contributed by atoms with Gasteiger partial charge in [-0.15, -0.1) is 56.7 Å². The second-order valence-electron chi connectivity index (χ2n) is 24.3. The third-order valence-electron chi connectivity index (χ3n) is 17.5. The van der Waals surface area contributed by atoms with Crippen molar-refractivity contribution in [2.75, 3.05) is 60.8 Å². The van der Waals surface area contributed by atoms with Crippen molar-refractivity contribution in [1.29, 1.82) is 0 Å². The maximum atomic E-state index is 15.2. The third-order valence-corrected chi connectivity index (χ3v) is 22.0. The average Bonchev–Trinajstić information content (AvgIpc) is 1.58. The normalized spacial score (nSPS) is 24.6. The van der Waals surface area contributed by atoms with Crippen molar-refractivity contribution in [3.8, 4) is 38.4 Å². The second-order valence-corrected chi connectivity index (χ2v) is 28.7. The van der Waals surface area contributed by atoms with E-state index in [0.29, 0.717) is 23.4 Å². The maximum Gasteiger partial charge on any atom is 0.358 e. The highest BCUT2D eigenvalue weighted by Crippen LogP contribution is 2.44. The minimum Gasteiger partial charge on any atom is -0.506 e. The van der Waals surface area contributed by atoms with Gasteiger partial charge in [0.25, 0.3) is 23.6 Å². The molecular weight excluding hydrogens is 1400 g/mol. The van der Waals surface area contributed by atoms with Crippen molar-refractivity contribution in [2.24, 2.45) is 0 Å². The van der Waals surface area contributed by atoms with Crippen LogP contribution in [0.5, 0.6) is 5.75 Å². The standard InChI is InChI=1S/C63H66N14O18S5/c1-26(79)42-55(85)73-43(27(2)89-7)58-69-37(24-98-58)54(84)74-46-48-49(95-40-16-63(4)50(28(3)94-40)76(6)25-93-63)62(87)91-17-29-9-8-10-38-41(29)31(18-90-48)47(77(38)88)61(86)92-19-32(65-52(82)35-23-100-60(46)70-35)57-66-33(20-97-57)44-30(56-67-36(22-96-56)53(83)72-42)15-39(80)45(71-44)59-68-34(21-99-59)51(81)64-11-12-75(5)13-14-78/h8-10,15,20-24,26,28,32,40,42,46,48-50,78-80,88H,11-14,16-19,25H2,1-7H3,(H,64,81)(H,65,82)(H,72,83)(H,73,85)(H,74,84)/b43-27+. The number of nitrogens with zero attached hydrogens (tertiary/aromatic N) is 9. The molecular formula is C63H66N14O18S5. The predicted octanol–water partition coefficient (Wildman–Crippen LogP) is 4.18. The molecule has 32 nitrogen and oxygen atoms in total. The van der Waals surface area contributed by atoms with E-state index in [1.807, 2.05) is 30.7 Å². The number of pyridine rings is 1. The number of aliphatic hydroxyl groups is 2. The fourth-order valence-corrected chi connectivity index (χ4v) is 16.7. The average molecular weight is 1470 g/mol. The zero-order chi connectivity index (χ0) is 70.6. The van der Waals surface area contributed by atoms with E-state index in [0.717, 1.165) is 56.7 Å². The summed E-state index contributed by atoms with van der Waals surface area (Å²) < 4.78 is 45.0. The highest BCUT2D eigenvalue weighted by atomic mass is 32.1. The summed E-state index contributed by atoms with van der Waals surface area (Å²) in [6.45, 7) is 6.11. The Balaban J connectivity index is 0.967. The molecule has 5 amide bonds. The number of aromatic nitrogens is 7. The lowest BCUT2D eigenvalue weighted by Gasteiger charge is -2.45. The molecule has 5 aliphatic heterocycles. The highest BCUT2D eigenvalue weighted by Gasteiger charge is 2.54. The van der Waals surface area contributed by atoms with Gasteiger partial charge < -0.3 is 85.2 Å². The molecule has 5 aliphatic rings. The summed E-state index contributed by atoms with van der Waals surface area (Å²) in [6, 6.07) is 1.26. The number of amides is 5. The van der Waals surface area contributed by atoms with Crippen molar-refractivity contribution in [3.05, 3.63) is 112 Å². The Kier molecular flexibility index (Phi) is 20.0. The number of benzene rings is 1. The van der Waals surface area contributed by atoms with Crippen molar-refractivity contribution in [3.63, 3.8) is 0 Å². The molecule has 526 valence electrons. The van der Waals surface area contributed by atoms with Gasteiger partial charge in [-0.25, -0.2) is 39.5 Å². The third kappa shape index (κ3) is 13.7. The minimum atomic E-state index is -1.83. The molecule has 9 N–H and O–H groups in total. The van der Waals surface area contributed by atoms with Gasteiger partial charge in [0.2, 0.25) is 5.91 Å². The first-order valence-corrected chi connectivity index (χ1v) is 35.6. The number of esters is 2. The van der Waals surface area contributed by atoms with Gasteiger partial charge in [-0.1, -0.05) is 12.1 Å². The number of rotatable bonds is 11. The van der Waals surface area contributed by atoms with Crippen molar-refractivity contribution < 1.29 is 87.2 Å². The van der Waals surface area contributed by atoms with Crippen molar-refractivity contribution in [1.82, 2.24) is 71.0 Å². The molecule has 13 rings (SSSR count). The van der Waals surface area contributed by atoms with E-state index in [2.05, 4.69) is 41.5 Å². The quantitative estimate of drug-likeness (QED) is 0.0498. The van der Waals surface area contributed by atoms with Crippen LogP contribution >= 0.6 is 56.7 Å². The summed E-state index contributed by atoms with van der Waals surface area (Å²) in [5, 5.41) is 66.2. The monoisotopic (exact) mass is 1470 g/mol. The lowest BCUT2D eigenvalue weighted by molar-refractivity contribution is -0.268. The van der Waals surface area contributed by atoms with Crippen LogP contribution in [0, 0.1) is 0 Å². The number of cyclic esters (lactones) is 2. The molecule has 12 bridgehead atoms. The number of ether oxygens (including phenoxy) is 7. The smallest absolute Gasteiger partial charge is 0.358 e. The van der Waals surface area contributed by atoms with Crippen LogP contribution in [0.3, 0.4) is 0 Å². The molecule has 7 aromatic heterocycles. The molecule has 0 aliphatic carbocycles. The summed E-state index contributed by atoms with van der Waals surface area (Å²) in [5.74, 6) is -6.59. The fraction of sp³-hybridized carbons (Fsp3) is 0.413. The number of methoxy groups -OCH3 is 1.